The van der Waals surface area contributed by atoms with Crippen molar-refractivity contribution in [3.05, 3.63) is 36.0 Å². The molecule has 7 nitrogen and oxygen atoms in total. The van der Waals surface area contributed by atoms with Crippen LogP contribution in [-0.2, 0) is 14.9 Å². The summed E-state index contributed by atoms with van der Waals surface area (Å²) in [4.78, 5) is 11.6. The van der Waals surface area contributed by atoms with Crippen LogP contribution in [0.4, 0.5) is 5.69 Å². The fraction of sp³-hybridized carbons (Fsp3) is 0.286. The third-order valence-electron chi connectivity index (χ3n) is 2.55. The summed E-state index contributed by atoms with van der Waals surface area (Å²) in [5.41, 5.74) is 0.210. The van der Waals surface area contributed by atoms with Crippen molar-refractivity contribution in [2.24, 2.45) is 5.92 Å². The molecule has 8 heteroatoms. The highest BCUT2D eigenvalue weighted by Crippen LogP contribution is 2.14. The molecule has 0 fully saturated rings. The molecule has 0 aliphatic carbocycles. The van der Waals surface area contributed by atoms with Crippen LogP contribution in [0.25, 0.3) is 0 Å². The quantitative estimate of drug-likeness (QED) is 0.415. The molecule has 0 saturated carbocycles. The zero-order chi connectivity index (χ0) is 16.8. The largest absolute Gasteiger partial charge is 0.389 e. The minimum absolute atomic E-state index is 0.0977. The highest BCUT2D eigenvalue weighted by Gasteiger charge is 2.11. The van der Waals surface area contributed by atoms with Crippen LogP contribution >= 0.6 is 0 Å². The number of anilines is 1. The Morgan fingerprint density at radius 2 is 1.95 bits per heavy atom. The van der Waals surface area contributed by atoms with Crippen LogP contribution in [0.5, 0.6) is 0 Å². The van der Waals surface area contributed by atoms with Gasteiger partial charge in [-0.2, -0.15) is 13.7 Å². The maximum Gasteiger partial charge on any atom is 0.294 e. The second-order valence-electron chi connectivity index (χ2n) is 4.93. The van der Waals surface area contributed by atoms with E-state index in [4.69, 9.17) is 9.81 Å². The number of amides is 1. The van der Waals surface area contributed by atoms with Crippen molar-refractivity contribution < 1.29 is 17.8 Å². The zero-order valence-electron chi connectivity index (χ0n) is 12.2. The third kappa shape index (κ3) is 5.55. The molecule has 0 aliphatic heterocycles. The topological polar surface area (TPSA) is 119 Å². The zero-order valence-corrected chi connectivity index (χ0v) is 13.0. The van der Waals surface area contributed by atoms with E-state index in [1.54, 1.807) is 6.07 Å². The number of benzene rings is 1. The number of carbonyl (C=O) groups excluding carboxylic acids is 1. The molecule has 0 atom stereocenters. The monoisotopic (exact) mass is 323 g/mol. The Balaban J connectivity index is 2.77. The van der Waals surface area contributed by atoms with Crippen LogP contribution in [0.15, 0.2) is 40.9 Å². The molecule has 0 bridgehead atoms. The van der Waals surface area contributed by atoms with Crippen molar-refractivity contribution in [2.45, 2.75) is 18.7 Å². The minimum atomic E-state index is -4.28. The molecule has 0 aromatic heterocycles. The second kappa shape index (κ2) is 7.59. The number of nitrogens with zero attached hydrogens (tertiary/aromatic N) is 1. The summed E-state index contributed by atoms with van der Waals surface area (Å²) in [5, 5.41) is 14.3. The van der Waals surface area contributed by atoms with Gasteiger partial charge in [0.15, 0.2) is 0 Å². The Bertz CT molecular complexity index is 701. The first kappa shape index (κ1) is 17.7. The molecule has 22 heavy (non-hydrogen) atoms. The van der Waals surface area contributed by atoms with E-state index in [2.05, 4.69) is 10.6 Å². The van der Waals surface area contributed by atoms with Gasteiger partial charge < -0.3 is 10.6 Å². The van der Waals surface area contributed by atoms with Crippen LogP contribution in [0.2, 0.25) is 0 Å². The van der Waals surface area contributed by atoms with E-state index in [1.807, 2.05) is 13.8 Å². The molecular weight excluding hydrogens is 306 g/mol. The van der Waals surface area contributed by atoms with Crippen molar-refractivity contribution in [2.75, 3.05) is 11.9 Å². The van der Waals surface area contributed by atoms with E-state index >= 15 is 0 Å². The van der Waals surface area contributed by atoms with E-state index in [9.17, 15) is 13.2 Å². The maximum atomic E-state index is 11.9. The third-order valence-corrected chi connectivity index (χ3v) is 3.42. The average molecular weight is 323 g/mol. The lowest BCUT2D eigenvalue weighted by molar-refractivity contribution is -0.112. The molecule has 0 aliphatic rings. The van der Waals surface area contributed by atoms with Gasteiger partial charge >= 0.3 is 0 Å². The summed E-state index contributed by atoms with van der Waals surface area (Å²) in [7, 11) is -4.28. The molecule has 0 unspecified atom stereocenters. The Kier molecular flexibility index (Phi) is 6.10. The van der Waals surface area contributed by atoms with Gasteiger partial charge in [0.1, 0.15) is 11.6 Å². The summed E-state index contributed by atoms with van der Waals surface area (Å²) in [6.07, 6.45) is 1.34. The highest BCUT2D eigenvalue weighted by atomic mass is 32.2. The summed E-state index contributed by atoms with van der Waals surface area (Å²) >= 11 is 0. The fourth-order valence-electron chi connectivity index (χ4n) is 1.45. The Morgan fingerprint density at radius 3 is 2.41 bits per heavy atom. The molecule has 0 spiro atoms. The van der Waals surface area contributed by atoms with E-state index in [-0.39, 0.29) is 10.5 Å². The standard InChI is InChI=1S/C14H17N3O4S/c1-10(2)8-16-9-11(7-15)14(18)17-12-3-5-13(6-4-12)22(19,20)21/h3-6,9-10,16H,8H2,1-2H3,(H,17,18)(H,19,20,21)/b11-9-. The summed E-state index contributed by atoms with van der Waals surface area (Å²) < 4.78 is 30.7. The first-order valence-corrected chi connectivity index (χ1v) is 7.90. The molecule has 0 radical (unpaired) electrons. The van der Waals surface area contributed by atoms with E-state index in [1.165, 1.54) is 18.3 Å². The van der Waals surface area contributed by atoms with Crippen LogP contribution in [0.1, 0.15) is 13.8 Å². The maximum absolute atomic E-state index is 11.9. The summed E-state index contributed by atoms with van der Waals surface area (Å²) in [6, 6.07) is 6.72. The number of hydrogen-bond donors (Lipinski definition) is 3. The van der Waals surface area contributed by atoms with Gasteiger partial charge in [0, 0.05) is 18.4 Å². The van der Waals surface area contributed by atoms with Gasteiger partial charge in [-0.1, -0.05) is 13.8 Å². The Morgan fingerprint density at radius 1 is 1.36 bits per heavy atom. The fourth-order valence-corrected chi connectivity index (χ4v) is 1.93. The minimum Gasteiger partial charge on any atom is -0.389 e. The van der Waals surface area contributed by atoms with Gasteiger partial charge in [0.2, 0.25) is 0 Å². The number of nitrogens with one attached hydrogen (secondary N) is 2. The number of hydrogen-bond acceptors (Lipinski definition) is 5. The molecule has 3 N–H and O–H groups in total. The molecule has 1 rings (SSSR count). The molecular formula is C14H17N3O4S. The van der Waals surface area contributed by atoms with E-state index < -0.39 is 16.0 Å². The molecule has 0 saturated heterocycles. The predicted octanol–water partition coefficient (Wildman–Crippen LogP) is 1.52. The van der Waals surface area contributed by atoms with Crippen LogP contribution < -0.4 is 10.6 Å². The van der Waals surface area contributed by atoms with Crippen molar-refractivity contribution in [3.8, 4) is 6.07 Å². The van der Waals surface area contributed by atoms with Crippen LogP contribution in [-0.4, -0.2) is 25.4 Å². The van der Waals surface area contributed by atoms with Gasteiger partial charge in [0.05, 0.1) is 4.90 Å². The van der Waals surface area contributed by atoms with Crippen LogP contribution in [0.3, 0.4) is 0 Å². The number of rotatable bonds is 6. The highest BCUT2D eigenvalue weighted by molar-refractivity contribution is 7.85. The van der Waals surface area contributed by atoms with Gasteiger partial charge in [-0.05, 0) is 30.2 Å². The normalized spacial score (nSPS) is 11.9. The van der Waals surface area contributed by atoms with Crippen molar-refractivity contribution in [3.63, 3.8) is 0 Å². The summed E-state index contributed by atoms with van der Waals surface area (Å²) in [5.74, 6) is -0.245. The van der Waals surface area contributed by atoms with Crippen molar-refractivity contribution in [1.29, 1.82) is 5.26 Å². The molecule has 1 aromatic carbocycles. The molecule has 1 aromatic rings. The van der Waals surface area contributed by atoms with Crippen molar-refractivity contribution in [1.82, 2.24) is 5.32 Å². The summed E-state index contributed by atoms with van der Waals surface area (Å²) in [6.45, 7) is 4.61. The van der Waals surface area contributed by atoms with Gasteiger partial charge in [0.25, 0.3) is 16.0 Å². The Hall–Kier alpha value is -2.37. The first-order chi connectivity index (χ1) is 10.2. The Labute approximate surface area is 129 Å². The second-order valence-corrected chi connectivity index (χ2v) is 6.35. The van der Waals surface area contributed by atoms with Gasteiger partial charge in [-0.25, -0.2) is 0 Å². The average Bonchev–Trinajstić information content (AvgIpc) is 2.42. The smallest absolute Gasteiger partial charge is 0.294 e. The van der Waals surface area contributed by atoms with Gasteiger partial charge in [-0.15, -0.1) is 0 Å². The predicted molar refractivity (Wildman–Crippen MR) is 81.4 cm³/mol. The first-order valence-electron chi connectivity index (χ1n) is 6.46. The molecule has 118 valence electrons. The lowest BCUT2D eigenvalue weighted by Gasteiger charge is -2.07. The number of carbonyl (C=O) groups is 1. The molecule has 1 amide bonds. The lowest BCUT2D eigenvalue weighted by atomic mass is 10.2. The van der Waals surface area contributed by atoms with Crippen molar-refractivity contribution >= 4 is 21.7 Å². The number of nitriles is 1. The molecule has 0 heterocycles. The lowest BCUT2D eigenvalue weighted by Crippen LogP contribution is -2.19. The van der Waals surface area contributed by atoms with E-state index in [0.717, 1.165) is 12.1 Å². The van der Waals surface area contributed by atoms with E-state index in [0.29, 0.717) is 18.2 Å². The van der Waals surface area contributed by atoms with Crippen LogP contribution in [0, 0.1) is 17.2 Å². The van der Waals surface area contributed by atoms with Gasteiger partial charge in [-0.3, -0.25) is 9.35 Å². The SMILES string of the molecule is CC(C)CN/C=C(/C#N)C(=O)Nc1ccc(S(=O)(=O)O)cc1.